The van der Waals surface area contributed by atoms with Gasteiger partial charge in [-0.3, -0.25) is 0 Å². The van der Waals surface area contributed by atoms with Crippen molar-refractivity contribution in [3.63, 3.8) is 0 Å². The van der Waals surface area contributed by atoms with Crippen molar-refractivity contribution >= 4 is 38.7 Å². The molecular weight excluding hydrogens is 461 g/mol. The minimum absolute atomic E-state index is 0. The molecule has 0 aliphatic heterocycles. The van der Waals surface area contributed by atoms with Crippen LogP contribution in [0.3, 0.4) is 0 Å². The topological polar surface area (TPSA) is 29.8 Å². The van der Waals surface area contributed by atoms with Crippen LogP contribution in [0, 0.1) is 0 Å². The lowest BCUT2D eigenvalue weighted by Gasteiger charge is -2.07. The molecule has 142 valence electrons. The summed E-state index contributed by atoms with van der Waals surface area (Å²) < 4.78 is 10.0. The van der Waals surface area contributed by atoms with Crippen LogP contribution < -0.4 is 33.7 Å². The zero-order valence-electron chi connectivity index (χ0n) is 15.7. The number of rotatable bonds is 5. The number of fused-ring (bicyclic) bond motifs is 7. The maximum atomic E-state index is 5.40. The molecule has 0 amide bonds. The van der Waals surface area contributed by atoms with Crippen molar-refractivity contribution in [1.29, 1.82) is 0 Å². The van der Waals surface area contributed by atoms with Gasteiger partial charge in [-0.25, -0.2) is 0 Å². The molecule has 0 fully saturated rings. The van der Waals surface area contributed by atoms with Crippen molar-refractivity contribution in [2.75, 3.05) is 25.1 Å². The fourth-order valence-electron chi connectivity index (χ4n) is 3.82. The number of hydrogen-bond donors (Lipinski definition) is 1. The van der Waals surface area contributed by atoms with Gasteiger partial charge in [0.25, 0.3) is 5.65 Å². The SMILES string of the molecule is CCOCCNc1ccc2c(ccc3c[n+]4c5ccccc5ccc4n32)c1.[I-]. The van der Waals surface area contributed by atoms with Crippen molar-refractivity contribution in [2.45, 2.75) is 6.92 Å². The van der Waals surface area contributed by atoms with Gasteiger partial charge < -0.3 is 34.0 Å². The summed E-state index contributed by atoms with van der Waals surface area (Å²) in [4.78, 5) is 0. The standard InChI is InChI=1S/C23H22N3O.HI/c1-2-27-14-13-24-19-9-11-22-18(15-19)7-10-20-16-25-21-6-4-3-5-17(21)8-12-23(25)26(20)22;/h3-12,15-16,24H,2,13-14H2,1H3;1H/q+1;/p-1. The normalized spacial score (nSPS) is 11.3. The molecule has 0 saturated heterocycles. The largest absolute Gasteiger partial charge is 1.00 e. The van der Waals surface area contributed by atoms with Crippen molar-refractivity contribution in [1.82, 2.24) is 4.40 Å². The third-order valence-corrected chi connectivity index (χ3v) is 5.09. The maximum Gasteiger partial charge on any atom is 0.292 e. The molecule has 5 rings (SSSR count). The van der Waals surface area contributed by atoms with Crippen LogP contribution in [0.25, 0.3) is 33.0 Å². The Kier molecular flexibility index (Phi) is 5.37. The quantitative estimate of drug-likeness (QED) is 0.233. The predicted octanol–water partition coefficient (Wildman–Crippen LogP) is 1.44. The van der Waals surface area contributed by atoms with E-state index in [-0.39, 0.29) is 24.0 Å². The average molecular weight is 483 g/mol. The number of aromatic nitrogens is 2. The summed E-state index contributed by atoms with van der Waals surface area (Å²) in [7, 11) is 0. The Labute approximate surface area is 180 Å². The highest BCUT2D eigenvalue weighted by Crippen LogP contribution is 2.23. The van der Waals surface area contributed by atoms with E-state index >= 15 is 0 Å². The van der Waals surface area contributed by atoms with E-state index in [1.54, 1.807) is 0 Å². The van der Waals surface area contributed by atoms with Crippen LogP contribution in [0.15, 0.2) is 72.9 Å². The van der Waals surface area contributed by atoms with Crippen LogP contribution >= 0.6 is 0 Å². The first-order valence-electron chi connectivity index (χ1n) is 9.44. The molecule has 0 bridgehead atoms. The lowest BCUT2D eigenvalue weighted by molar-refractivity contribution is -0.479. The van der Waals surface area contributed by atoms with E-state index in [1.807, 2.05) is 6.92 Å². The molecule has 0 unspecified atom stereocenters. The van der Waals surface area contributed by atoms with Gasteiger partial charge in [-0.1, -0.05) is 18.2 Å². The van der Waals surface area contributed by atoms with E-state index in [2.05, 4.69) is 87.0 Å². The van der Waals surface area contributed by atoms with Gasteiger partial charge in [0.05, 0.1) is 6.61 Å². The predicted molar refractivity (Wildman–Crippen MR) is 111 cm³/mol. The van der Waals surface area contributed by atoms with E-state index in [9.17, 15) is 0 Å². The fourth-order valence-corrected chi connectivity index (χ4v) is 3.82. The molecule has 0 aliphatic carbocycles. The van der Waals surface area contributed by atoms with Crippen molar-refractivity contribution in [3.8, 4) is 0 Å². The van der Waals surface area contributed by atoms with Gasteiger partial charge >= 0.3 is 0 Å². The molecular formula is C23H22IN3O. The average Bonchev–Trinajstić information content (AvgIpc) is 3.10. The number of anilines is 1. The molecule has 0 saturated carbocycles. The number of hydrogen-bond acceptors (Lipinski definition) is 2. The van der Waals surface area contributed by atoms with E-state index < -0.39 is 0 Å². The number of nitrogens with one attached hydrogen (secondary N) is 1. The first-order valence-corrected chi connectivity index (χ1v) is 9.44. The molecule has 0 aliphatic rings. The molecule has 4 nitrogen and oxygen atoms in total. The van der Waals surface area contributed by atoms with E-state index in [1.165, 1.54) is 33.0 Å². The summed E-state index contributed by atoms with van der Waals surface area (Å²) >= 11 is 0. The first kappa shape index (κ1) is 19.0. The minimum Gasteiger partial charge on any atom is -1.00 e. The van der Waals surface area contributed by atoms with Crippen LogP contribution in [0.2, 0.25) is 0 Å². The lowest BCUT2D eigenvalue weighted by Crippen LogP contribution is -3.00. The van der Waals surface area contributed by atoms with Crippen molar-refractivity contribution < 1.29 is 33.1 Å². The molecule has 0 radical (unpaired) electrons. The number of benzene rings is 2. The molecule has 5 heteroatoms. The summed E-state index contributed by atoms with van der Waals surface area (Å²) in [5.74, 6) is 0. The molecule has 3 aromatic heterocycles. The lowest BCUT2D eigenvalue weighted by atomic mass is 10.2. The fraction of sp³-hybridized carbons (Fsp3) is 0.174. The van der Waals surface area contributed by atoms with Gasteiger partial charge in [-0.15, -0.1) is 0 Å². The first-order chi connectivity index (χ1) is 13.3. The summed E-state index contributed by atoms with van der Waals surface area (Å²) in [6.07, 6.45) is 2.21. The monoisotopic (exact) mass is 483 g/mol. The third-order valence-electron chi connectivity index (χ3n) is 5.09. The van der Waals surface area contributed by atoms with Crippen LogP contribution in [0.4, 0.5) is 5.69 Å². The molecule has 5 aromatic rings. The molecule has 1 N–H and O–H groups in total. The van der Waals surface area contributed by atoms with Crippen LogP contribution in [-0.2, 0) is 4.74 Å². The summed E-state index contributed by atoms with van der Waals surface area (Å²) in [6, 6.07) is 23.8. The van der Waals surface area contributed by atoms with Gasteiger partial charge in [-0.2, -0.15) is 8.80 Å². The summed E-state index contributed by atoms with van der Waals surface area (Å²) in [5.41, 5.74) is 5.92. The second kappa shape index (κ2) is 7.93. The second-order valence-corrected chi connectivity index (χ2v) is 6.74. The zero-order chi connectivity index (χ0) is 18.2. The number of para-hydroxylation sites is 1. The number of imidazole rings is 1. The van der Waals surface area contributed by atoms with E-state index in [0.29, 0.717) is 0 Å². The smallest absolute Gasteiger partial charge is 0.292 e. The Bertz CT molecular complexity index is 1280. The Balaban J connectivity index is 0.00000192. The summed E-state index contributed by atoms with van der Waals surface area (Å²) in [5, 5.41) is 5.90. The van der Waals surface area contributed by atoms with Crippen molar-refractivity contribution in [2.24, 2.45) is 0 Å². The van der Waals surface area contributed by atoms with Gasteiger partial charge in [0.1, 0.15) is 17.2 Å². The zero-order valence-corrected chi connectivity index (χ0v) is 17.9. The molecule has 0 atom stereocenters. The van der Waals surface area contributed by atoms with Crippen LogP contribution in [-0.4, -0.2) is 24.2 Å². The number of halogens is 1. The highest BCUT2D eigenvalue weighted by atomic mass is 127. The van der Waals surface area contributed by atoms with Gasteiger partial charge in [0.15, 0.2) is 5.52 Å². The highest BCUT2D eigenvalue weighted by Gasteiger charge is 2.16. The number of pyridine rings is 2. The van der Waals surface area contributed by atoms with Gasteiger partial charge in [-0.05, 0) is 49.4 Å². The highest BCUT2D eigenvalue weighted by molar-refractivity contribution is 5.88. The Morgan fingerprint density at radius 2 is 1.82 bits per heavy atom. The van der Waals surface area contributed by atoms with E-state index in [0.717, 1.165) is 25.4 Å². The Morgan fingerprint density at radius 3 is 2.71 bits per heavy atom. The molecule has 28 heavy (non-hydrogen) atoms. The van der Waals surface area contributed by atoms with E-state index in [4.69, 9.17) is 4.74 Å². The number of nitrogens with zero attached hydrogens (tertiary/aromatic N) is 2. The maximum absolute atomic E-state index is 5.40. The Morgan fingerprint density at radius 1 is 0.964 bits per heavy atom. The van der Waals surface area contributed by atoms with Crippen LogP contribution in [0.5, 0.6) is 0 Å². The number of ether oxygens (including phenoxy) is 1. The molecule has 0 spiro atoms. The molecule has 2 aromatic carbocycles. The summed E-state index contributed by atoms with van der Waals surface area (Å²) in [6.45, 7) is 4.31. The molecule has 3 heterocycles. The van der Waals surface area contributed by atoms with Crippen molar-refractivity contribution in [3.05, 3.63) is 72.9 Å². The second-order valence-electron chi connectivity index (χ2n) is 6.74. The minimum atomic E-state index is 0. The van der Waals surface area contributed by atoms with Gasteiger partial charge in [0.2, 0.25) is 0 Å². The Hall–Kier alpha value is -2.38. The van der Waals surface area contributed by atoms with Gasteiger partial charge in [0, 0.05) is 35.7 Å². The van der Waals surface area contributed by atoms with Crippen LogP contribution in [0.1, 0.15) is 6.92 Å². The third kappa shape index (κ3) is 3.18.